The van der Waals surface area contributed by atoms with Gasteiger partial charge in [0.15, 0.2) is 0 Å². The molecule has 0 bridgehead atoms. The lowest BCUT2D eigenvalue weighted by atomic mass is 9.89. The highest BCUT2D eigenvalue weighted by Gasteiger charge is 2.40. The topological polar surface area (TPSA) is 30.5 Å². The summed E-state index contributed by atoms with van der Waals surface area (Å²) in [6, 6.07) is 8.75. The monoisotopic (exact) mass is 341 g/mol. The van der Waals surface area contributed by atoms with Crippen LogP contribution >= 0.6 is 23.4 Å². The minimum Gasteiger partial charge on any atom is -0.383 e. The van der Waals surface area contributed by atoms with Gasteiger partial charge in [0.05, 0.1) is 18.2 Å². The summed E-state index contributed by atoms with van der Waals surface area (Å²) in [5, 5.41) is 4.56. The fraction of sp³-hybridized carbons (Fsp3) is 0.647. The van der Waals surface area contributed by atoms with E-state index in [9.17, 15) is 0 Å². The Hall–Kier alpha value is -0.260. The number of rotatable bonds is 5. The van der Waals surface area contributed by atoms with Crippen LogP contribution in [0.3, 0.4) is 0 Å². The standard InChI is InChI=1S/C17H24ClNO2S/c1-20-11-16(13-2-4-14(18)5-3-13)19-15-6-8-21-17(10-15)7-9-22-12-17/h2-5,15-16,19H,6-12H2,1H3/t15-,16-,17+/m0/s1. The first-order valence-corrected chi connectivity index (χ1v) is 9.46. The first kappa shape index (κ1) is 16.6. The van der Waals surface area contributed by atoms with E-state index in [1.165, 1.54) is 17.7 Å². The molecule has 3 atom stereocenters. The van der Waals surface area contributed by atoms with Crippen LogP contribution in [0, 0.1) is 0 Å². The zero-order valence-electron chi connectivity index (χ0n) is 13.0. The molecule has 2 heterocycles. The van der Waals surface area contributed by atoms with E-state index in [1.54, 1.807) is 7.11 Å². The molecule has 122 valence electrons. The molecule has 2 fully saturated rings. The number of hydrogen-bond donors (Lipinski definition) is 1. The van der Waals surface area contributed by atoms with Crippen molar-refractivity contribution in [2.45, 2.75) is 36.9 Å². The highest BCUT2D eigenvalue weighted by molar-refractivity contribution is 7.99. The molecule has 0 saturated carbocycles. The largest absolute Gasteiger partial charge is 0.383 e. The van der Waals surface area contributed by atoms with Crippen LogP contribution in [-0.4, -0.2) is 43.5 Å². The minimum atomic E-state index is 0.109. The summed E-state index contributed by atoms with van der Waals surface area (Å²) in [4.78, 5) is 0. The SMILES string of the molecule is COC[C@H](N[C@H]1CCO[C@]2(CCSC2)C1)c1ccc(Cl)cc1. The Balaban J connectivity index is 1.66. The molecule has 1 aromatic rings. The molecule has 3 rings (SSSR count). The molecule has 0 amide bonds. The zero-order chi connectivity index (χ0) is 15.4. The molecule has 2 saturated heterocycles. The van der Waals surface area contributed by atoms with Gasteiger partial charge in [-0.3, -0.25) is 0 Å². The zero-order valence-corrected chi connectivity index (χ0v) is 14.6. The van der Waals surface area contributed by atoms with E-state index >= 15 is 0 Å². The van der Waals surface area contributed by atoms with Crippen molar-refractivity contribution in [1.82, 2.24) is 5.32 Å². The van der Waals surface area contributed by atoms with Gasteiger partial charge in [0.2, 0.25) is 0 Å². The smallest absolute Gasteiger partial charge is 0.0795 e. The van der Waals surface area contributed by atoms with Gasteiger partial charge >= 0.3 is 0 Å². The maximum atomic E-state index is 6.11. The Bertz CT molecular complexity index is 476. The van der Waals surface area contributed by atoms with Gasteiger partial charge in [-0.05, 0) is 42.7 Å². The van der Waals surface area contributed by atoms with Crippen LogP contribution in [-0.2, 0) is 9.47 Å². The van der Waals surface area contributed by atoms with Gasteiger partial charge in [-0.2, -0.15) is 11.8 Å². The van der Waals surface area contributed by atoms with Crippen LogP contribution in [0.1, 0.15) is 30.9 Å². The Labute approximate surface area is 142 Å². The van der Waals surface area contributed by atoms with Gasteiger partial charge in [-0.15, -0.1) is 0 Å². The van der Waals surface area contributed by atoms with Crippen molar-refractivity contribution in [3.63, 3.8) is 0 Å². The number of ether oxygens (including phenoxy) is 2. The van der Waals surface area contributed by atoms with Crippen molar-refractivity contribution in [2.75, 3.05) is 31.8 Å². The Kier molecular flexibility index (Phi) is 5.69. The lowest BCUT2D eigenvalue weighted by molar-refractivity contribution is -0.0723. The van der Waals surface area contributed by atoms with E-state index in [4.69, 9.17) is 21.1 Å². The van der Waals surface area contributed by atoms with Crippen molar-refractivity contribution in [3.8, 4) is 0 Å². The summed E-state index contributed by atoms with van der Waals surface area (Å²) in [6.45, 7) is 1.53. The van der Waals surface area contributed by atoms with Gasteiger partial charge in [0, 0.05) is 30.5 Å². The molecule has 1 aromatic carbocycles. The first-order valence-electron chi connectivity index (χ1n) is 7.93. The second kappa shape index (κ2) is 7.54. The molecule has 1 spiro atoms. The van der Waals surface area contributed by atoms with E-state index in [0.717, 1.165) is 30.2 Å². The number of thioether (sulfide) groups is 1. The van der Waals surface area contributed by atoms with Crippen LogP contribution < -0.4 is 5.32 Å². The number of hydrogen-bond acceptors (Lipinski definition) is 4. The first-order chi connectivity index (χ1) is 10.7. The average molecular weight is 342 g/mol. The molecule has 0 aliphatic carbocycles. The van der Waals surface area contributed by atoms with Gasteiger partial charge in [0.25, 0.3) is 0 Å². The van der Waals surface area contributed by atoms with Crippen LogP contribution in [0.5, 0.6) is 0 Å². The number of benzene rings is 1. The second-order valence-electron chi connectivity index (χ2n) is 6.25. The van der Waals surface area contributed by atoms with Gasteiger partial charge in [0.1, 0.15) is 0 Å². The molecule has 5 heteroatoms. The fourth-order valence-electron chi connectivity index (χ4n) is 3.42. The number of halogens is 1. The van der Waals surface area contributed by atoms with E-state index in [0.29, 0.717) is 12.6 Å². The van der Waals surface area contributed by atoms with E-state index in [2.05, 4.69) is 17.4 Å². The Morgan fingerprint density at radius 3 is 2.95 bits per heavy atom. The molecule has 0 unspecified atom stereocenters. The molecule has 22 heavy (non-hydrogen) atoms. The van der Waals surface area contributed by atoms with E-state index in [1.807, 2.05) is 23.9 Å². The van der Waals surface area contributed by atoms with Crippen LogP contribution in [0.15, 0.2) is 24.3 Å². The van der Waals surface area contributed by atoms with Crippen molar-refractivity contribution < 1.29 is 9.47 Å². The minimum absolute atomic E-state index is 0.109. The van der Waals surface area contributed by atoms with Crippen molar-refractivity contribution in [1.29, 1.82) is 0 Å². The molecule has 1 N–H and O–H groups in total. The third kappa shape index (κ3) is 3.98. The molecule has 0 radical (unpaired) electrons. The summed E-state index contributed by atoms with van der Waals surface area (Å²) in [5.41, 5.74) is 1.34. The third-order valence-electron chi connectivity index (χ3n) is 4.60. The predicted molar refractivity (Wildman–Crippen MR) is 92.9 cm³/mol. The van der Waals surface area contributed by atoms with Gasteiger partial charge in [-0.25, -0.2) is 0 Å². The van der Waals surface area contributed by atoms with E-state index < -0.39 is 0 Å². The summed E-state index contributed by atoms with van der Waals surface area (Å²) in [7, 11) is 1.75. The van der Waals surface area contributed by atoms with E-state index in [-0.39, 0.29) is 11.6 Å². The second-order valence-corrected chi connectivity index (χ2v) is 7.79. The maximum Gasteiger partial charge on any atom is 0.0795 e. The predicted octanol–water partition coefficient (Wildman–Crippen LogP) is 3.67. The van der Waals surface area contributed by atoms with Crippen molar-refractivity contribution in [2.24, 2.45) is 0 Å². The molecule has 0 aromatic heterocycles. The quantitative estimate of drug-likeness (QED) is 0.885. The lowest BCUT2D eigenvalue weighted by Gasteiger charge is -2.39. The molecular formula is C17H24ClNO2S. The van der Waals surface area contributed by atoms with Gasteiger partial charge in [-0.1, -0.05) is 23.7 Å². The Morgan fingerprint density at radius 1 is 1.45 bits per heavy atom. The van der Waals surface area contributed by atoms with Crippen LogP contribution in [0.2, 0.25) is 5.02 Å². The molecule has 2 aliphatic rings. The lowest BCUT2D eigenvalue weighted by Crippen LogP contribution is -2.48. The van der Waals surface area contributed by atoms with Crippen molar-refractivity contribution >= 4 is 23.4 Å². The number of nitrogens with one attached hydrogen (secondary N) is 1. The molecule has 3 nitrogen and oxygen atoms in total. The highest BCUT2D eigenvalue weighted by Crippen LogP contribution is 2.38. The third-order valence-corrected chi connectivity index (χ3v) is 6.08. The highest BCUT2D eigenvalue weighted by atomic mass is 35.5. The van der Waals surface area contributed by atoms with Crippen LogP contribution in [0.4, 0.5) is 0 Å². The maximum absolute atomic E-state index is 6.11. The van der Waals surface area contributed by atoms with Crippen molar-refractivity contribution in [3.05, 3.63) is 34.9 Å². The fourth-order valence-corrected chi connectivity index (χ4v) is 4.92. The summed E-state index contributed by atoms with van der Waals surface area (Å²) < 4.78 is 11.5. The Morgan fingerprint density at radius 2 is 2.27 bits per heavy atom. The van der Waals surface area contributed by atoms with Crippen LogP contribution in [0.25, 0.3) is 0 Å². The molecule has 2 aliphatic heterocycles. The average Bonchev–Trinajstić information content (AvgIpc) is 2.95. The number of methoxy groups -OCH3 is 1. The summed E-state index contributed by atoms with van der Waals surface area (Å²) >= 11 is 8.01. The molecular weight excluding hydrogens is 318 g/mol. The summed E-state index contributed by atoms with van der Waals surface area (Å²) in [6.07, 6.45) is 3.36. The normalized spacial score (nSPS) is 29.8. The van der Waals surface area contributed by atoms with Gasteiger partial charge < -0.3 is 14.8 Å². The summed E-state index contributed by atoms with van der Waals surface area (Å²) in [5.74, 6) is 2.37.